The van der Waals surface area contributed by atoms with E-state index < -0.39 is 11.7 Å². The van der Waals surface area contributed by atoms with Crippen LogP contribution < -0.4 is 20.1 Å². The van der Waals surface area contributed by atoms with Crippen LogP contribution in [0.15, 0.2) is 36.4 Å². The van der Waals surface area contributed by atoms with Crippen molar-refractivity contribution < 1.29 is 23.5 Å². The van der Waals surface area contributed by atoms with Gasteiger partial charge in [0, 0.05) is 5.56 Å². The van der Waals surface area contributed by atoms with Gasteiger partial charge in [0.05, 0.1) is 18.8 Å². The Morgan fingerprint density at radius 1 is 1.32 bits per heavy atom. The summed E-state index contributed by atoms with van der Waals surface area (Å²) in [6.07, 6.45) is 0. The zero-order chi connectivity index (χ0) is 18.0. The van der Waals surface area contributed by atoms with Crippen molar-refractivity contribution in [2.24, 2.45) is 0 Å². The van der Waals surface area contributed by atoms with E-state index in [1.54, 1.807) is 25.1 Å². The first-order valence-electron chi connectivity index (χ1n) is 7.69. The van der Waals surface area contributed by atoms with Crippen LogP contribution in [0.1, 0.15) is 28.9 Å². The van der Waals surface area contributed by atoms with E-state index in [1.807, 2.05) is 0 Å². The molecule has 1 unspecified atom stereocenters. The number of halogens is 1. The quantitative estimate of drug-likeness (QED) is 0.894. The zero-order valence-electron chi connectivity index (χ0n) is 13.8. The van der Waals surface area contributed by atoms with Crippen molar-refractivity contribution in [1.82, 2.24) is 5.32 Å². The highest BCUT2D eigenvalue weighted by atomic mass is 19.1. The van der Waals surface area contributed by atoms with E-state index >= 15 is 0 Å². The molecule has 0 spiro atoms. The van der Waals surface area contributed by atoms with Gasteiger partial charge in [0.1, 0.15) is 5.75 Å². The van der Waals surface area contributed by atoms with E-state index in [4.69, 9.17) is 9.47 Å². The molecule has 2 aromatic rings. The summed E-state index contributed by atoms with van der Waals surface area (Å²) in [6.45, 7) is 1.78. The molecule has 1 aliphatic heterocycles. The lowest BCUT2D eigenvalue weighted by Gasteiger charge is -2.21. The lowest BCUT2D eigenvalue weighted by molar-refractivity contribution is -0.118. The smallest absolute Gasteiger partial charge is 0.262 e. The minimum absolute atomic E-state index is 0.0122. The molecule has 130 valence electrons. The van der Waals surface area contributed by atoms with Crippen LogP contribution in [0.25, 0.3) is 0 Å². The molecule has 0 saturated carbocycles. The largest absolute Gasteiger partial charge is 0.494 e. The van der Waals surface area contributed by atoms with E-state index in [2.05, 4.69) is 10.6 Å². The van der Waals surface area contributed by atoms with E-state index in [9.17, 15) is 14.0 Å². The number of benzene rings is 2. The third-order valence-electron chi connectivity index (χ3n) is 3.90. The van der Waals surface area contributed by atoms with Crippen molar-refractivity contribution in [1.29, 1.82) is 0 Å². The molecule has 3 rings (SSSR count). The van der Waals surface area contributed by atoms with Gasteiger partial charge in [-0.1, -0.05) is 6.07 Å². The first-order valence-corrected chi connectivity index (χ1v) is 7.69. The minimum atomic E-state index is -0.601. The topological polar surface area (TPSA) is 76.7 Å². The van der Waals surface area contributed by atoms with Crippen LogP contribution in [0.3, 0.4) is 0 Å². The van der Waals surface area contributed by atoms with Crippen molar-refractivity contribution in [3.05, 3.63) is 53.3 Å². The van der Waals surface area contributed by atoms with Crippen LogP contribution in [0.4, 0.5) is 10.1 Å². The van der Waals surface area contributed by atoms with Gasteiger partial charge in [-0.15, -0.1) is 0 Å². The fourth-order valence-corrected chi connectivity index (χ4v) is 2.54. The number of fused-ring (bicyclic) bond motifs is 1. The maximum atomic E-state index is 13.7. The molecule has 1 aliphatic rings. The zero-order valence-corrected chi connectivity index (χ0v) is 13.8. The lowest BCUT2D eigenvalue weighted by Crippen LogP contribution is -2.28. The molecule has 2 N–H and O–H groups in total. The number of nitrogens with one attached hydrogen (secondary N) is 2. The number of carbonyl (C=O) groups is 2. The molecular formula is C18H17FN2O4. The van der Waals surface area contributed by atoms with Gasteiger partial charge in [-0.3, -0.25) is 9.59 Å². The van der Waals surface area contributed by atoms with Crippen LogP contribution in [-0.4, -0.2) is 25.5 Å². The van der Waals surface area contributed by atoms with E-state index in [-0.39, 0.29) is 29.9 Å². The molecule has 25 heavy (non-hydrogen) atoms. The van der Waals surface area contributed by atoms with Gasteiger partial charge < -0.3 is 20.1 Å². The summed E-state index contributed by atoms with van der Waals surface area (Å²) < 4.78 is 23.9. The van der Waals surface area contributed by atoms with Gasteiger partial charge in [-0.2, -0.15) is 0 Å². The Hall–Kier alpha value is -3.09. The second-order valence-corrected chi connectivity index (χ2v) is 5.64. The SMILES string of the molecule is COc1ccc(C(=O)NC(C)c2ccc3c(c2)NC(=O)CO3)cc1F. The fraction of sp³-hybridized carbons (Fsp3) is 0.222. The molecule has 2 amide bonds. The Morgan fingerprint density at radius 2 is 2.12 bits per heavy atom. The van der Waals surface area contributed by atoms with Gasteiger partial charge in [0.25, 0.3) is 11.8 Å². The molecule has 0 bridgehead atoms. The van der Waals surface area contributed by atoms with Crippen molar-refractivity contribution in [3.8, 4) is 11.5 Å². The Kier molecular flexibility index (Phi) is 4.56. The maximum Gasteiger partial charge on any atom is 0.262 e. The molecule has 7 heteroatoms. The second-order valence-electron chi connectivity index (χ2n) is 5.64. The average Bonchev–Trinajstić information content (AvgIpc) is 2.60. The van der Waals surface area contributed by atoms with Crippen LogP contribution in [0.5, 0.6) is 11.5 Å². The van der Waals surface area contributed by atoms with Crippen LogP contribution in [0.2, 0.25) is 0 Å². The third-order valence-corrected chi connectivity index (χ3v) is 3.90. The van der Waals surface area contributed by atoms with E-state index in [0.29, 0.717) is 11.4 Å². The molecule has 6 nitrogen and oxygen atoms in total. The van der Waals surface area contributed by atoms with Crippen LogP contribution >= 0.6 is 0 Å². The fourth-order valence-electron chi connectivity index (χ4n) is 2.54. The third kappa shape index (κ3) is 3.55. The molecule has 1 atom stereocenters. The van der Waals surface area contributed by atoms with Crippen molar-refractivity contribution in [2.75, 3.05) is 19.0 Å². The number of anilines is 1. The normalized spacial score (nSPS) is 14.0. The number of amides is 2. The first-order chi connectivity index (χ1) is 12.0. The minimum Gasteiger partial charge on any atom is -0.494 e. The highest BCUT2D eigenvalue weighted by molar-refractivity contribution is 5.96. The monoisotopic (exact) mass is 344 g/mol. The molecule has 0 fully saturated rings. The summed E-state index contributed by atoms with van der Waals surface area (Å²) in [6, 6.07) is 8.96. The van der Waals surface area contributed by atoms with Crippen LogP contribution in [-0.2, 0) is 4.79 Å². The van der Waals surface area contributed by atoms with Gasteiger partial charge >= 0.3 is 0 Å². The Balaban J connectivity index is 1.74. The van der Waals surface area contributed by atoms with Gasteiger partial charge in [0.15, 0.2) is 18.2 Å². The molecule has 0 aromatic heterocycles. The Labute approximate surface area is 143 Å². The number of methoxy groups -OCH3 is 1. The van der Waals surface area contributed by atoms with Gasteiger partial charge in [0.2, 0.25) is 0 Å². The highest BCUT2D eigenvalue weighted by Gasteiger charge is 2.19. The summed E-state index contributed by atoms with van der Waals surface area (Å²) in [5.74, 6) is -0.576. The number of carbonyl (C=O) groups excluding carboxylic acids is 2. The van der Waals surface area contributed by atoms with Crippen molar-refractivity contribution in [3.63, 3.8) is 0 Å². The molecule has 2 aromatic carbocycles. The van der Waals surface area contributed by atoms with Gasteiger partial charge in [-0.25, -0.2) is 4.39 Å². The lowest BCUT2D eigenvalue weighted by atomic mass is 10.1. The number of rotatable bonds is 4. The molecule has 1 heterocycles. The summed E-state index contributed by atoms with van der Waals surface area (Å²) in [5.41, 5.74) is 1.54. The van der Waals surface area contributed by atoms with E-state index in [1.165, 1.54) is 19.2 Å². The van der Waals surface area contributed by atoms with Crippen LogP contribution in [0, 0.1) is 5.82 Å². The first kappa shape index (κ1) is 16.8. The van der Waals surface area contributed by atoms with Gasteiger partial charge in [-0.05, 0) is 42.8 Å². The maximum absolute atomic E-state index is 13.7. The summed E-state index contributed by atoms with van der Waals surface area (Å²) >= 11 is 0. The molecular weight excluding hydrogens is 327 g/mol. The molecule has 0 saturated heterocycles. The summed E-state index contributed by atoms with van der Waals surface area (Å²) in [5, 5.41) is 5.52. The van der Waals surface area contributed by atoms with Crippen molar-refractivity contribution in [2.45, 2.75) is 13.0 Å². The molecule has 0 radical (unpaired) electrons. The predicted octanol–water partition coefficient (Wildman–Crippen LogP) is 2.66. The standard InChI is InChI=1S/C18H17FN2O4/c1-10(11-3-6-16-14(8-11)21-17(22)9-25-16)20-18(23)12-4-5-15(24-2)13(19)7-12/h3-8,10H,9H2,1-2H3,(H,20,23)(H,21,22). The Morgan fingerprint density at radius 3 is 2.84 bits per heavy atom. The molecule has 0 aliphatic carbocycles. The summed E-state index contributed by atoms with van der Waals surface area (Å²) in [7, 11) is 1.36. The predicted molar refractivity (Wildman–Crippen MR) is 89.4 cm³/mol. The van der Waals surface area contributed by atoms with E-state index in [0.717, 1.165) is 11.6 Å². The summed E-state index contributed by atoms with van der Waals surface area (Å²) in [4.78, 5) is 23.7. The number of hydrogen-bond acceptors (Lipinski definition) is 4. The average molecular weight is 344 g/mol. The number of ether oxygens (including phenoxy) is 2. The highest BCUT2D eigenvalue weighted by Crippen LogP contribution is 2.30. The Bertz CT molecular complexity index is 838. The number of hydrogen-bond donors (Lipinski definition) is 2. The van der Waals surface area contributed by atoms with Crippen molar-refractivity contribution >= 4 is 17.5 Å². The second kappa shape index (κ2) is 6.80.